The molecule has 2 nitrogen and oxygen atoms in total. The van der Waals surface area contributed by atoms with E-state index in [0.717, 1.165) is 12.5 Å². The molecule has 1 aliphatic rings. The summed E-state index contributed by atoms with van der Waals surface area (Å²) in [6.45, 7) is 10.6. The van der Waals surface area contributed by atoms with Gasteiger partial charge in [0.2, 0.25) is 0 Å². The van der Waals surface area contributed by atoms with Crippen molar-refractivity contribution >= 4 is 11.8 Å². The molecule has 0 aromatic heterocycles. The topological polar surface area (TPSA) is 23.5 Å². The average molecular weight is 245 g/mol. The second-order valence-electron chi connectivity index (χ2n) is 5.82. The van der Waals surface area contributed by atoms with Gasteiger partial charge in [-0.1, -0.05) is 20.8 Å². The number of likely N-dealkylation sites (tertiary alicyclic amines) is 1. The molecule has 0 aromatic rings. The normalized spacial score (nSPS) is 27.6. The predicted octanol–water partition coefficient (Wildman–Crippen LogP) is 2.47. The minimum Gasteiger partial charge on any atom is -0.396 e. The van der Waals surface area contributed by atoms with Crippen LogP contribution in [0.2, 0.25) is 0 Å². The van der Waals surface area contributed by atoms with E-state index >= 15 is 0 Å². The number of rotatable bonds is 6. The van der Waals surface area contributed by atoms with Crippen LogP contribution in [0.5, 0.6) is 0 Å². The number of hydrogen-bond donors (Lipinski definition) is 1. The molecule has 3 heteroatoms. The Hall–Kier alpha value is 0.270. The summed E-state index contributed by atoms with van der Waals surface area (Å²) in [5, 5.41) is 9.38. The first kappa shape index (κ1) is 14.3. The Balaban J connectivity index is 2.17. The number of aliphatic hydroxyl groups excluding tert-OH is 1. The number of aliphatic hydroxyl groups is 1. The monoisotopic (exact) mass is 245 g/mol. The van der Waals surface area contributed by atoms with E-state index in [1.54, 1.807) is 0 Å². The highest BCUT2D eigenvalue weighted by Crippen LogP contribution is 2.28. The van der Waals surface area contributed by atoms with Gasteiger partial charge < -0.3 is 10.0 Å². The fourth-order valence-corrected chi connectivity index (χ4v) is 3.29. The van der Waals surface area contributed by atoms with Gasteiger partial charge in [0.15, 0.2) is 0 Å². The zero-order valence-electron chi connectivity index (χ0n) is 11.0. The maximum Gasteiger partial charge on any atom is 0.0497 e. The lowest BCUT2D eigenvalue weighted by Crippen LogP contribution is -2.44. The lowest BCUT2D eigenvalue weighted by molar-refractivity contribution is 0.0498. The minimum atomic E-state index is 0.154. The third-order valence-corrected chi connectivity index (χ3v) is 4.62. The predicted molar refractivity (Wildman–Crippen MR) is 73.0 cm³/mol. The van der Waals surface area contributed by atoms with Crippen molar-refractivity contribution in [2.24, 2.45) is 11.3 Å². The molecule has 16 heavy (non-hydrogen) atoms. The molecule has 0 radical (unpaired) electrons. The molecule has 0 bridgehead atoms. The van der Waals surface area contributed by atoms with E-state index in [1.165, 1.54) is 37.4 Å². The van der Waals surface area contributed by atoms with Gasteiger partial charge in [0.1, 0.15) is 0 Å². The Morgan fingerprint density at radius 3 is 2.81 bits per heavy atom. The summed E-state index contributed by atoms with van der Waals surface area (Å²) < 4.78 is 0. The molecule has 0 amide bonds. The summed E-state index contributed by atoms with van der Waals surface area (Å²) in [5.74, 6) is 3.30. The summed E-state index contributed by atoms with van der Waals surface area (Å²) >= 11 is 2.06. The smallest absolute Gasteiger partial charge is 0.0497 e. The van der Waals surface area contributed by atoms with Gasteiger partial charge in [-0.2, -0.15) is 11.8 Å². The van der Waals surface area contributed by atoms with Crippen LogP contribution in [0.15, 0.2) is 0 Å². The van der Waals surface area contributed by atoms with Crippen molar-refractivity contribution in [3.8, 4) is 0 Å². The van der Waals surface area contributed by atoms with Crippen LogP contribution in [0.1, 0.15) is 33.6 Å². The van der Waals surface area contributed by atoms with Crippen LogP contribution in [-0.4, -0.2) is 47.8 Å². The summed E-state index contributed by atoms with van der Waals surface area (Å²) in [7, 11) is 0. The van der Waals surface area contributed by atoms with Gasteiger partial charge >= 0.3 is 0 Å². The van der Waals surface area contributed by atoms with E-state index in [4.69, 9.17) is 0 Å². The lowest BCUT2D eigenvalue weighted by Gasteiger charge is -2.39. The van der Waals surface area contributed by atoms with E-state index in [-0.39, 0.29) is 5.41 Å². The molecule has 1 aliphatic heterocycles. The molecule has 0 saturated carbocycles. The zero-order valence-corrected chi connectivity index (χ0v) is 11.9. The van der Waals surface area contributed by atoms with Gasteiger partial charge in [-0.3, -0.25) is 0 Å². The third kappa shape index (κ3) is 5.07. The first-order chi connectivity index (χ1) is 7.56. The van der Waals surface area contributed by atoms with E-state index < -0.39 is 0 Å². The standard InChI is InChI=1S/C13H27NOS/c1-12(2)9-16-8-7-14-6-4-5-13(3,10-14)11-15/h12,15H,4-11H2,1-3H3. The highest BCUT2D eigenvalue weighted by molar-refractivity contribution is 7.99. The molecule has 1 atom stereocenters. The maximum atomic E-state index is 9.38. The van der Waals surface area contributed by atoms with E-state index in [2.05, 4.69) is 37.4 Å². The third-order valence-electron chi connectivity index (χ3n) is 3.24. The minimum absolute atomic E-state index is 0.154. The summed E-state index contributed by atoms with van der Waals surface area (Å²) in [6.07, 6.45) is 2.42. The van der Waals surface area contributed by atoms with Gasteiger partial charge in [0.05, 0.1) is 0 Å². The Bertz CT molecular complexity index is 198. The Kier molecular flexibility index (Phi) is 6.16. The molecule has 0 aromatic carbocycles. The Labute approximate surface area is 105 Å². The first-order valence-corrected chi connectivity index (χ1v) is 7.62. The fourth-order valence-electron chi connectivity index (χ4n) is 2.26. The number of hydrogen-bond acceptors (Lipinski definition) is 3. The zero-order chi connectivity index (χ0) is 12.0. The first-order valence-electron chi connectivity index (χ1n) is 6.47. The second-order valence-corrected chi connectivity index (χ2v) is 6.97. The van der Waals surface area contributed by atoms with E-state index in [1.807, 2.05) is 0 Å². The summed E-state index contributed by atoms with van der Waals surface area (Å²) in [4.78, 5) is 2.52. The molecule has 1 heterocycles. The van der Waals surface area contributed by atoms with Gasteiger partial charge in [-0.25, -0.2) is 0 Å². The average Bonchev–Trinajstić information content (AvgIpc) is 2.24. The van der Waals surface area contributed by atoms with Crippen molar-refractivity contribution in [2.75, 3.05) is 37.7 Å². The maximum absolute atomic E-state index is 9.38. The second kappa shape index (κ2) is 6.87. The van der Waals surface area contributed by atoms with E-state index in [0.29, 0.717) is 6.61 Å². The van der Waals surface area contributed by atoms with Crippen LogP contribution < -0.4 is 0 Å². The number of piperidine rings is 1. The molecule has 1 unspecified atom stereocenters. The van der Waals surface area contributed by atoms with Crippen LogP contribution in [0, 0.1) is 11.3 Å². The van der Waals surface area contributed by atoms with Crippen LogP contribution in [0.25, 0.3) is 0 Å². The van der Waals surface area contributed by atoms with Crippen LogP contribution >= 0.6 is 11.8 Å². The molecule has 0 aliphatic carbocycles. The molecule has 1 N–H and O–H groups in total. The van der Waals surface area contributed by atoms with Crippen LogP contribution in [-0.2, 0) is 0 Å². The number of nitrogens with zero attached hydrogens (tertiary/aromatic N) is 1. The van der Waals surface area contributed by atoms with Gasteiger partial charge in [0, 0.05) is 30.9 Å². The molecular weight excluding hydrogens is 218 g/mol. The van der Waals surface area contributed by atoms with Crippen molar-refractivity contribution < 1.29 is 5.11 Å². The molecule has 1 rings (SSSR count). The van der Waals surface area contributed by atoms with Crippen molar-refractivity contribution in [2.45, 2.75) is 33.6 Å². The van der Waals surface area contributed by atoms with Gasteiger partial charge in [-0.15, -0.1) is 0 Å². The van der Waals surface area contributed by atoms with Crippen LogP contribution in [0.4, 0.5) is 0 Å². The van der Waals surface area contributed by atoms with Gasteiger partial charge in [-0.05, 0) is 31.1 Å². The summed E-state index contributed by atoms with van der Waals surface area (Å²) in [5.41, 5.74) is 0.154. The van der Waals surface area contributed by atoms with Crippen molar-refractivity contribution in [3.05, 3.63) is 0 Å². The van der Waals surface area contributed by atoms with Crippen molar-refractivity contribution in [1.82, 2.24) is 4.90 Å². The SMILES string of the molecule is CC(C)CSCCN1CCCC(C)(CO)C1. The van der Waals surface area contributed by atoms with Crippen molar-refractivity contribution in [1.29, 1.82) is 0 Å². The molecule has 96 valence electrons. The summed E-state index contributed by atoms with van der Waals surface area (Å²) in [6, 6.07) is 0. The van der Waals surface area contributed by atoms with E-state index in [9.17, 15) is 5.11 Å². The highest BCUT2D eigenvalue weighted by atomic mass is 32.2. The largest absolute Gasteiger partial charge is 0.396 e. The molecule has 1 fully saturated rings. The Morgan fingerprint density at radius 1 is 1.44 bits per heavy atom. The quantitative estimate of drug-likeness (QED) is 0.727. The van der Waals surface area contributed by atoms with Crippen molar-refractivity contribution in [3.63, 3.8) is 0 Å². The Morgan fingerprint density at radius 2 is 2.19 bits per heavy atom. The lowest BCUT2D eigenvalue weighted by atomic mass is 9.83. The van der Waals surface area contributed by atoms with Crippen LogP contribution in [0.3, 0.4) is 0 Å². The number of thioether (sulfide) groups is 1. The molecular formula is C13H27NOS. The highest BCUT2D eigenvalue weighted by Gasteiger charge is 2.29. The fraction of sp³-hybridized carbons (Fsp3) is 1.00. The molecule has 0 spiro atoms. The molecule has 1 saturated heterocycles. The van der Waals surface area contributed by atoms with Gasteiger partial charge in [0.25, 0.3) is 0 Å².